The van der Waals surface area contributed by atoms with E-state index in [1.807, 2.05) is 11.8 Å². The lowest BCUT2D eigenvalue weighted by atomic mass is 9.84. The molecule has 1 aromatic rings. The number of benzene rings is 1. The van der Waals surface area contributed by atoms with E-state index in [4.69, 9.17) is 0 Å². The Hall–Kier alpha value is -0.760. The Morgan fingerprint density at radius 2 is 2.12 bits per heavy atom. The summed E-state index contributed by atoms with van der Waals surface area (Å²) in [6.07, 6.45) is 6.58. The molecule has 0 amide bonds. The van der Waals surface area contributed by atoms with Crippen molar-refractivity contribution in [3.63, 3.8) is 0 Å². The van der Waals surface area contributed by atoms with Crippen molar-refractivity contribution in [1.82, 2.24) is 0 Å². The van der Waals surface area contributed by atoms with Crippen LogP contribution in [0.2, 0.25) is 0 Å². The molecule has 90 valence electrons. The first kappa shape index (κ1) is 11.3. The van der Waals surface area contributed by atoms with E-state index in [1.54, 1.807) is 0 Å². The van der Waals surface area contributed by atoms with Gasteiger partial charge in [0.1, 0.15) is 5.78 Å². The fraction of sp³-hybridized carbons (Fsp3) is 0.533. The van der Waals surface area contributed by atoms with Crippen LogP contribution in [0, 0.1) is 5.92 Å². The molecule has 1 aliphatic carbocycles. The Labute approximate surface area is 107 Å². The highest BCUT2D eigenvalue weighted by molar-refractivity contribution is 8.00. The molecular formula is C15H18OS. The molecule has 1 nitrogen and oxygen atoms in total. The Bertz CT molecular complexity index is 402. The number of hydrogen-bond donors (Lipinski definition) is 0. The van der Waals surface area contributed by atoms with Crippen molar-refractivity contribution in [1.29, 1.82) is 0 Å². The predicted molar refractivity (Wildman–Crippen MR) is 71.4 cm³/mol. The Kier molecular flexibility index (Phi) is 3.24. The van der Waals surface area contributed by atoms with Crippen molar-refractivity contribution in [2.45, 2.75) is 48.7 Å². The van der Waals surface area contributed by atoms with Gasteiger partial charge in [0.15, 0.2) is 0 Å². The molecule has 2 unspecified atom stereocenters. The summed E-state index contributed by atoms with van der Waals surface area (Å²) in [4.78, 5) is 13.3. The van der Waals surface area contributed by atoms with Crippen molar-refractivity contribution < 1.29 is 4.79 Å². The summed E-state index contributed by atoms with van der Waals surface area (Å²) in [7, 11) is 0. The summed E-state index contributed by atoms with van der Waals surface area (Å²) in [5.74, 6) is 0.878. The van der Waals surface area contributed by atoms with Gasteiger partial charge in [0, 0.05) is 22.5 Å². The molecule has 1 heterocycles. The Morgan fingerprint density at radius 3 is 2.94 bits per heavy atom. The van der Waals surface area contributed by atoms with Gasteiger partial charge in [-0.1, -0.05) is 24.6 Å². The van der Waals surface area contributed by atoms with E-state index in [1.165, 1.54) is 16.9 Å². The van der Waals surface area contributed by atoms with Gasteiger partial charge >= 0.3 is 0 Å². The van der Waals surface area contributed by atoms with Gasteiger partial charge in [-0.05, 0) is 37.3 Å². The summed E-state index contributed by atoms with van der Waals surface area (Å²) < 4.78 is 0. The van der Waals surface area contributed by atoms with Crippen LogP contribution >= 0.6 is 11.8 Å². The van der Waals surface area contributed by atoms with Crippen LogP contribution in [0.1, 0.15) is 37.7 Å². The molecule has 1 saturated carbocycles. The quantitative estimate of drug-likeness (QED) is 0.788. The highest BCUT2D eigenvalue weighted by atomic mass is 32.2. The Balaban J connectivity index is 1.63. The van der Waals surface area contributed by atoms with Crippen LogP contribution in [0.4, 0.5) is 0 Å². The van der Waals surface area contributed by atoms with Crippen LogP contribution in [-0.2, 0) is 11.2 Å². The van der Waals surface area contributed by atoms with Gasteiger partial charge in [-0.2, -0.15) is 0 Å². The van der Waals surface area contributed by atoms with E-state index < -0.39 is 0 Å². The maximum absolute atomic E-state index is 11.8. The largest absolute Gasteiger partial charge is 0.299 e. The second-order valence-electron chi connectivity index (χ2n) is 5.20. The average Bonchev–Trinajstić information content (AvgIpc) is 2.74. The third-order valence-corrected chi connectivity index (χ3v) is 5.29. The first-order valence-corrected chi connectivity index (χ1v) is 7.48. The lowest BCUT2D eigenvalue weighted by Gasteiger charge is -2.22. The first-order chi connectivity index (χ1) is 8.33. The maximum atomic E-state index is 11.8. The normalized spacial score (nSPS) is 28.1. The second kappa shape index (κ2) is 4.85. The molecule has 0 spiro atoms. The van der Waals surface area contributed by atoms with E-state index >= 15 is 0 Å². The van der Waals surface area contributed by atoms with E-state index in [0.717, 1.165) is 32.1 Å². The topological polar surface area (TPSA) is 17.1 Å². The molecule has 2 heteroatoms. The summed E-state index contributed by atoms with van der Waals surface area (Å²) in [6.45, 7) is 0. The van der Waals surface area contributed by atoms with E-state index in [-0.39, 0.29) is 0 Å². The first-order valence-electron chi connectivity index (χ1n) is 6.60. The van der Waals surface area contributed by atoms with Crippen LogP contribution in [0.3, 0.4) is 0 Å². The number of fused-ring (bicyclic) bond motifs is 1. The Morgan fingerprint density at radius 1 is 1.24 bits per heavy atom. The minimum absolute atomic E-state index is 0.357. The van der Waals surface area contributed by atoms with Crippen molar-refractivity contribution >= 4 is 17.5 Å². The molecule has 1 aromatic carbocycles. The maximum Gasteiger partial charge on any atom is 0.136 e. The molecule has 2 atom stereocenters. The van der Waals surface area contributed by atoms with Gasteiger partial charge in [-0.3, -0.25) is 4.79 Å². The molecule has 2 aliphatic rings. The van der Waals surface area contributed by atoms with Gasteiger partial charge in [0.2, 0.25) is 0 Å². The molecule has 1 fully saturated rings. The average molecular weight is 246 g/mol. The minimum Gasteiger partial charge on any atom is -0.299 e. The van der Waals surface area contributed by atoms with Gasteiger partial charge in [0.25, 0.3) is 0 Å². The third kappa shape index (κ3) is 2.42. The van der Waals surface area contributed by atoms with Crippen LogP contribution < -0.4 is 0 Å². The lowest BCUT2D eigenvalue weighted by Crippen LogP contribution is -2.22. The molecule has 3 rings (SSSR count). The number of rotatable bonds is 2. The highest BCUT2D eigenvalue weighted by Crippen LogP contribution is 2.41. The third-order valence-electron chi connectivity index (χ3n) is 3.94. The van der Waals surface area contributed by atoms with E-state index in [2.05, 4.69) is 24.3 Å². The molecule has 0 aromatic heterocycles. The van der Waals surface area contributed by atoms with Crippen molar-refractivity contribution in [2.24, 2.45) is 5.92 Å². The number of Topliss-reactive ketones (excluding diaryl/α,β-unsaturated/α-hetero) is 1. The van der Waals surface area contributed by atoms with E-state index in [0.29, 0.717) is 17.0 Å². The van der Waals surface area contributed by atoms with Gasteiger partial charge < -0.3 is 0 Å². The van der Waals surface area contributed by atoms with Crippen molar-refractivity contribution in [3.05, 3.63) is 29.8 Å². The molecule has 0 bridgehead atoms. The van der Waals surface area contributed by atoms with Crippen molar-refractivity contribution in [3.8, 4) is 0 Å². The monoisotopic (exact) mass is 246 g/mol. The van der Waals surface area contributed by atoms with Crippen LogP contribution in [0.15, 0.2) is 29.2 Å². The van der Waals surface area contributed by atoms with Crippen LogP contribution in [0.25, 0.3) is 0 Å². The highest BCUT2D eigenvalue weighted by Gasteiger charge is 2.29. The number of hydrogen-bond acceptors (Lipinski definition) is 2. The van der Waals surface area contributed by atoms with Crippen LogP contribution in [-0.4, -0.2) is 11.0 Å². The number of thioether (sulfide) groups is 1. The zero-order valence-electron chi connectivity index (χ0n) is 10.0. The van der Waals surface area contributed by atoms with Gasteiger partial charge in [0.05, 0.1) is 0 Å². The summed E-state index contributed by atoms with van der Waals surface area (Å²) >= 11 is 1.98. The fourth-order valence-electron chi connectivity index (χ4n) is 3.01. The van der Waals surface area contributed by atoms with Gasteiger partial charge in [-0.15, -0.1) is 11.8 Å². The van der Waals surface area contributed by atoms with Crippen molar-refractivity contribution in [2.75, 3.05) is 0 Å². The summed E-state index contributed by atoms with van der Waals surface area (Å²) in [5, 5.41) is 0.638. The van der Waals surface area contributed by atoms with E-state index in [9.17, 15) is 4.79 Å². The number of carbonyl (C=O) groups excluding carboxylic acids is 1. The summed E-state index contributed by atoms with van der Waals surface area (Å²) in [6, 6.07) is 8.67. The molecular weight excluding hydrogens is 228 g/mol. The second-order valence-corrected chi connectivity index (χ2v) is 6.54. The lowest BCUT2D eigenvalue weighted by molar-refractivity contribution is -0.124. The molecule has 0 radical (unpaired) electrons. The number of carbonyl (C=O) groups is 1. The molecule has 17 heavy (non-hydrogen) atoms. The standard InChI is InChI=1S/C15H18OS/c16-14-7-3-1-5-11(14)9-13-10-12-6-2-4-8-15(12)17-13/h2,4,6,8,11,13H,1,3,5,7,9-10H2. The van der Waals surface area contributed by atoms with Gasteiger partial charge in [-0.25, -0.2) is 0 Å². The SMILES string of the molecule is O=C1CCCCC1CC1Cc2ccccc2S1. The fourth-order valence-corrected chi connectivity index (χ4v) is 4.42. The minimum atomic E-state index is 0.357. The predicted octanol–water partition coefficient (Wildman–Crippen LogP) is 3.85. The number of ketones is 1. The smallest absolute Gasteiger partial charge is 0.136 e. The van der Waals surface area contributed by atoms with Crippen LogP contribution in [0.5, 0.6) is 0 Å². The molecule has 0 N–H and O–H groups in total. The molecule has 0 saturated heterocycles. The zero-order chi connectivity index (χ0) is 11.7. The molecule has 1 aliphatic heterocycles. The zero-order valence-corrected chi connectivity index (χ0v) is 10.8. The summed E-state index contributed by atoms with van der Waals surface area (Å²) in [5.41, 5.74) is 1.48.